The van der Waals surface area contributed by atoms with E-state index >= 15 is 0 Å². The topological polar surface area (TPSA) is 79.4 Å². The standard InChI is InChI=1S/C7H12N6/c1-7(2,4-8)5-9-6-10-11-12-13(6)3/h5H2,1-3H3,(H,9,10,12). The smallest absolute Gasteiger partial charge is 0.242 e. The number of aromatic nitrogens is 4. The second-order valence-electron chi connectivity index (χ2n) is 3.48. The lowest BCUT2D eigenvalue weighted by molar-refractivity contribution is 0.525. The van der Waals surface area contributed by atoms with Crippen LogP contribution in [0.3, 0.4) is 0 Å². The van der Waals surface area contributed by atoms with Gasteiger partial charge >= 0.3 is 0 Å². The molecule has 0 bridgehead atoms. The maximum absolute atomic E-state index is 8.74. The van der Waals surface area contributed by atoms with Gasteiger partial charge in [-0.05, 0) is 24.3 Å². The molecule has 0 amide bonds. The van der Waals surface area contributed by atoms with E-state index in [4.69, 9.17) is 5.26 Å². The monoisotopic (exact) mass is 180 g/mol. The van der Waals surface area contributed by atoms with Gasteiger partial charge in [0, 0.05) is 13.6 Å². The lowest BCUT2D eigenvalue weighted by Crippen LogP contribution is -2.22. The zero-order chi connectivity index (χ0) is 9.90. The summed E-state index contributed by atoms with van der Waals surface area (Å²) in [4.78, 5) is 0. The Morgan fingerprint density at radius 3 is 2.77 bits per heavy atom. The maximum atomic E-state index is 8.74. The summed E-state index contributed by atoms with van der Waals surface area (Å²) >= 11 is 0. The molecule has 0 saturated carbocycles. The van der Waals surface area contributed by atoms with E-state index < -0.39 is 5.41 Å². The molecule has 6 nitrogen and oxygen atoms in total. The van der Waals surface area contributed by atoms with Gasteiger partial charge in [-0.25, -0.2) is 4.68 Å². The van der Waals surface area contributed by atoms with E-state index in [9.17, 15) is 0 Å². The highest BCUT2D eigenvalue weighted by Gasteiger charge is 2.17. The van der Waals surface area contributed by atoms with Crippen LogP contribution in [0.15, 0.2) is 0 Å². The minimum absolute atomic E-state index is 0.411. The van der Waals surface area contributed by atoms with E-state index in [1.54, 1.807) is 7.05 Å². The number of nitrogens with zero attached hydrogens (tertiary/aromatic N) is 5. The third-order valence-electron chi connectivity index (χ3n) is 1.61. The van der Waals surface area contributed by atoms with Crippen LogP contribution in [0.25, 0.3) is 0 Å². The summed E-state index contributed by atoms with van der Waals surface area (Å²) in [6, 6.07) is 2.18. The molecule has 0 radical (unpaired) electrons. The molecule has 1 aromatic heterocycles. The Kier molecular flexibility index (Phi) is 2.46. The minimum Gasteiger partial charge on any atom is -0.352 e. The highest BCUT2D eigenvalue weighted by molar-refractivity contribution is 5.22. The lowest BCUT2D eigenvalue weighted by atomic mass is 9.96. The lowest BCUT2D eigenvalue weighted by Gasteiger charge is -2.15. The van der Waals surface area contributed by atoms with Gasteiger partial charge in [-0.1, -0.05) is 5.10 Å². The number of nitriles is 1. The van der Waals surface area contributed by atoms with Crippen LogP contribution in [-0.4, -0.2) is 26.8 Å². The number of aryl methyl sites for hydroxylation is 1. The number of rotatable bonds is 3. The molecule has 6 heteroatoms. The normalized spacial score (nSPS) is 10.9. The molecule has 1 aromatic rings. The van der Waals surface area contributed by atoms with E-state index in [1.807, 2.05) is 13.8 Å². The van der Waals surface area contributed by atoms with Crippen molar-refractivity contribution in [2.24, 2.45) is 12.5 Å². The summed E-state index contributed by atoms with van der Waals surface area (Å²) in [5.74, 6) is 0.573. The molecule has 1 rings (SSSR count). The van der Waals surface area contributed by atoms with Crippen LogP contribution in [0, 0.1) is 16.7 Å². The Labute approximate surface area is 76.5 Å². The van der Waals surface area contributed by atoms with E-state index in [0.717, 1.165) is 0 Å². The van der Waals surface area contributed by atoms with Crippen molar-refractivity contribution in [3.05, 3.63) is 0 Å². The van der Waals surface area contributed by atoms with Crippen LogP contribution < -0.4 is 5.32 Å². The van der Waals surface area contributed by atoms with Crippen molar-refractivity contribution in [2.75, 3.05) is 11.9 Å². The third kappa shape index (κ3) is 2.40. The maximum Gasteiger partial charge on any atom is 0.242 e. The van der Waals surface area contributed by atoms with Gasteiger partial charge in [0.15, 0.2) is 0 Å². The molecule has 0 atom stereocenters. The molecule has 0 spiro atoms. The first-order valence-electron chi connectivity index (χ1n) is 3.93. The average molecular weight is 180 g/mol. The molecule has 13 heavy (non-hydrogen) atoms. The van der Waals surface area contributed by atoms with Crippen LogP contribution in [0.1, 0.15) is 13.8 Å². The van der Waals surface area contributed by atoms with Crippen molar-refractivity contribution >= 4 is 5.95 Å². The number of hydrogen-bond acceptors (Lipinski definition) is 5. The summed E-state index contributed by atoms with van der Waals surface area (Å²) < 4.78 is 1.52. The zero-order valence-corrected chi connectivity index (χ0v) is 7.94. The van der Waals surface area contributed by atoms with Gasteiger partial charge in [-0.2, -0.15) is 5.26 Å². The fourth-order valence-electron chi connectivity index (χ4n) is 0.719. The van der Waals surface area contributed by atoms with E-state index in [-0.39, 0.29) is 0 Å². The number of nitrogens with one attached hydrogen (secondary N) is 1. The summed E-state index contributed by atoms with van der Waals surface area (Å²) in [5, 5.41) is 22.6. The average Bonchev–Trinajstić information content (AvgIpc) is 2.48. The molecule has 0 fully saturated rings. The van der Waals surface area contributed by atoms with Crippen LogP contribution in [-0.2, 0) is 7.05 Å². The molecule has 1 N–H and O–H groups in total. The number of hydrogen-bond donors (Lipinski definition) is 1. The zero-order valence-electron chi connectivity index (χ0n) is 7.94. The molecule has 70 valence electrons. The minimum atomic E-state index is -0.411. The van der Waals surface area contributed by atoms with Crippen molar-refractivity contribution in [1.29, 1.82) is 5.26 Å². The van der Waals surface area contributed by atoms with E-state index in [2.05, 4.69) is 26.9 Å². The van der Waals surface area contributed by atoms with Gasteiger partial charge in [-0.15, -0.1) is 0 Å². The third-order valence-corrected chi connectivity index (χ3v) is 1.61. The van der Waals surface area contributed by atoms with Gasteiger partial charge in [0.2, 0.25) is 5.95 Å². The van der Waals surface area contributed by atoms with Crippen molar-refractivity contribution < 1.29 is 0 Å². The second kappa shape index (κ2) is 3.39. The molecule has 1 heterocycles. The van der Waals surface area contributed by atoms with Gasteiger partial charge in [-0.3, -0.25) is 0 Å². The van der Waals surface area contributed by atoms with Crippen molar-refractivity contribution in [3.8, 4) is 6.07 Å². The van der Waals surface area contributed by atoms with Crippen molar-refractivity contribution in [2.45, 2.75) is 13.8 Å². The molecule has 0 aliphatic rings. The highest BCUT2D eigenvalue weighted by Crippen LogP contribution is 2.13. The van der Waals surface area contributed by atoms with Crippen LogP contribution >= 0.6 is 0 Å². The fourth-order valence-corrected chi connectivity index (χ4v) is 0.719. The predicted octanol–water partition coefficient (Wildman–Crippen LogP) is 0.172. The SMILES string of the molecule is Cn1nnnc1NCC(C)(C)C#N. The fraction of sp³-hybridized carbons (Fsp3) is 0.714. The first kappa shape index (κ1) is 9.45. The molecular weight excluding hydrogens is 168 g/mol. The van der Waals surface area contributed by atoms with Crippen LogP contribution in [0.2, 0.25) is 0 Å². The first-order valence-corrected chi connectivity index (χ1v) is 3.93. The Morgan fingerprint density at radius 2 is 2.31 bits per heavy atom. The molecule has 0 aromatic carbocycles. The van der Waals surface area contributed by atoms with E-state index in [1.165, 1.54) is 4.68 Å². The molecule has 0 saturated heterocycles. The second-order valence-corrected chi connectivity index (χ2v) is 3.48. The predicted molar refractivity (Wildman–Crippen MR) is 46.7 cm³/mol. The molecule has 0 aliphatic carbocycles. The molecule has 0 aliphatic heterocycles. The Hall–Kier alpha value is -1.64. The van der Waals surface area contributed by atoms with Crippen LogP contribution in [0.5, 0.6) is 0 Å². The highest BCUT2D eigenvalue weighted by atomic mass is 15.6. The van der Waals surface area contributed by atoms with E-state index in [0.29, 0.717) is 12.5 Å². The molecular formula is C7H12N6. The first-order chi connectivity index (χ1) is 6.05. The quantitative estimate of drug-likeness (QED) is 0.717. The summed E-state index contributed by atoms with van der Waals surface area (Å²) in [5.41, 5.74) is -0.411. The van der Waals surface area contributed by atoms with Gasteiger partial charge in [0.1, 0.15) is 0 Å². The number of tetrazole rings is 1. The Balaban J connectivity index is 2.54. The summed E-state index contributed by atoms with van der Waals surface area (Å²) in [6.45, 7) is 4.23. The molecule has 0 unspecified atom stereocenters. The summed E-state index contributed by atoms with van der Waals surface area (Å²) in [6.07, 6.45) is 0. The number of anilines is 1. The van der Waals surface area contributed by atoms with Crippen molar-refractivity contribution in [1.82, 2.24) is 20.2 Å². The van der Waals surface area contributed by atoms with Gasteiger partial charge in [0.05, 0.1) is 11.5 Å². The van der Waals surface area contributed by atoms with Crippen molar-refractivity contribution in [3.63, 3.8) is 0 Å². The summed E-state index contributed by atoms with van der Waals surface area (Å²) in [7, 11) is 1.74. The Bertz CT molecular complexity index is 320. The Morgan fingerprint density at radius 1 is 1.62 bits per heavy atom. The largest absolute Gasteiger partial charge is 0.352 e. The van der Waals surface area contributed by atoms with Crippen LogP contribution in [0.4, 0.5) is 5.95 Å². The van der Waals surface area contributed by atoms with Gasteiger partial charge < -0.3 is 5.32 Å². The van der Waals surface area contributed by atoms with Gasteiger partial charge in [0.25, 0.3) is 0 Å².